The highest BCUT2D eigenvalue weighted by molar-refractivity contribution is 7.92. The van der Waals surface area contributed by atoms with Gasteiger partial charge in [-0.05, 0) is 48.0 Å². The molecule has 33 heavy (non-hydrogen) atoms. The average Bonchev–Trinajstić information content (AvgIpc) is 3.22. The summed E-state index contributed by atoms with van der Waals surface area (Å²) in [6.07, 6.45) is 3.01. The highest BCUT2D eigenvalue weighted by atomic mass is 32.2. The van der Waals surface area contributed by atoms with Crippen LogP contribution in [-0.2, 0) is 10.0 Å². The monoisotopic (exact) mass is 494 g/mol. The minimum Gasteiger partial charge on any atom is -0.365 e. The van der Waals surface area contributed by atoms with E-state index < -0.39 is 49.4 Å². The molecule has 0 aliphatic carbocycles. The Morgan fingerprint density at radius 3 is 2.33 bits per heavy atom. The second-order valence-electron chi connectivity index (χ2n) is 6.65. The molecule has 2 aromatic heterocycles. The fraction of sp³-hybridized carbons (Fsp3) is 0.0476. The van der Waals surface area contributed by atoms with Crippen LogP contribution in [0, 0.1) is 23.3 Å². The van der Waals surface area contributed by atoms with Gasteiger partial charge >= 0.3 is 0 Å². The summed E-state index contributed by atoms with van der Waals surface area (Å²) in [5, 5.41) is 3.17. The van der Waals surface area contributed by atoms with Crippen LogP contribution in [0.15, 0.2) is 59.8 Å². The van der Waals surface area contributed by atoms with Crippen LogP contribution in [0.5, 0.6) is 0 Å². The molecular formula is C21H14F4N4O2S2. The van der Waals surface area contributed by atoms with Crippen molar-refractivity contribution in [3.63, 3.8) is 0 Å². The number of nitrogens with zero attached hydrogens (tertiary/aromatic N) is 2. The number of rotatable bonds is 6. The number of hydrogen-bond acceptors (Lipinski definition) is 6. The SMILES string of the molecule is CNc1nc(-c2c(F)ccc(NS(=O)(=O)c3cc(F)ccc3F)c2F)c(-c2ccncc2)s1. The Bertz CT molecular complexity index is 1440. The number of nitrogens with one attached hydrogen (secondary N) is 2. The molecule has 6 nitrogen and oxygen atoms in total. The van der Waals surface area contributed by atoms with E-state index in [0.29, 0.717) is 27.7 Å². The van der Waals surface area contributed by atoms with Crippen molar-refractivity contribution in [3.05, 3.63) is 78.1 Å². The van der Waals surface area contributed by atoms with Crippen LogP contribution in [-0.4, -0.2) is 25.4 Å². The number of benzene rings is 2. The fourth-order valence-electron chi connectivity index (χ4n) is 3.03. The Kier molecular flexibility index (Phi) is 6.04. The summed E-state index contributed by atoms with van der Waals surface area (Å²) in [5.74, 6) is -4.49. The van der Waals surface area contributed by atoms with Crippen molar-refractivity contribution < 1.29 is 26.0 Å². The molecule has 0 unspecified atom stereocenters. The van der Waals surface area contributed by atoms with Gasteiger partial charge in [0.1, 0.15) is 22.3 Å². The standard InChI is InChI=1S/C21H14F4N4O2S2/c1-26-21-28-19(20(32-21)11-6-8-27-9-7-11)17-14(24)4-5-15(18(17)25)29-33(30,31)16-10-12(22)2-3-13(16)23/h2-10,29H,1H3,(H,26,28). The van der Waals surface area contributed by atoms with Crippen LogP contribution < -0.4 is 10.0 Å². The highest BCUT2D eigenvalue weighted by Crippen LogP contribution is 2.42. The third kappa shape index (κ3) is 4.39. The molecule has 4 rings (SSSR count). The summed E-state index contributed by atoms with van der Waals surface area (Å²) in [6.45, 7) is 0. The molecule has 170 valence electrons. The maximum absolute atomic E-state index is 15.5. The lowest BCUT2D eigenvalue weighted by Gasteiger charge is -2.13. The molecule has 0 atom stereocenters. The van der Waals surface area contributed by atoms with Crippen molar-refractivity contribution in [1.82, 2.24) is 9.97 Å². The molecule has 0 aliphatic rings. The van der Waals surface area contributed by atoms with Gasteiger partial charge in [-0.25, -0.2) is 31.0 Å². The van der Waals surface area contributed by atoms with E-state index in [9.17, 15) is 21.6 Å². The summed E-state index contributed by atoms with van der Waals surface area (Å²) in [7, 11) is -3.14. The highest BCUT2D eigenvalue weighted by Gasteiger charge is 2.26. The Hall–Kier alpha value is -3.51. The van der Waals surface area contributed by atoms with Gasteiger partial charge in [0.05, 0.1) is 21.8 Å². The summed E-state index contributed by atoms with van der Waals surface area (Å²) >= 11 is 1.13. The van der Waals surface area contributed by atoms with Crippen molar-refractivity contribution in [1.29, 1.82) is 0 Å². The van der Waals surface area contributed by atoms with E-state index in [1.165, 1.54) is 12.4 Å². The van der Waals surface area contributed by atoms with Gasteiger partial charge in [0, 0.05) is 19.4 Å². The van der Waals surface area contributed by atoms with E-state index in [0.717, 1.165) is 29.5 Å². The number of sulfonamides is 1. The van der Waals surface area contributed by atoms with Gasteiger partial charge in [-0.15, -0.1) is 0 Å². The molecule has 0 aliphatic heterocycles. The summed E-state index contributed by atoms with van der Waals surface area (Å²) in [4.78, 5) is 7.55. The fourth-order valence-corrected chi connectivity index (χ4v) is 5.11. The Morgan fingerprint density at radius 2 is 1.64 bits per heavy atom. The molecule has 0 fully saturated rings. The van der Waals surface area contributed by atoms with Crippen LogP contribution in [0.25, 0.3) is 21.7 Å². The molecule has 0 amide bonds. The molecule has 2 N–H and O–H groups in total. The van der Waals surface area contributed by atoms with Crippen LogP contribution in [0.1, 0.15) is 0 Å². The first-order valence-corrected chi connectivity index (χ1v) is 11.6. The molecule has 0 radical (unpaired) electrons. The normalized spacial score (nSPS) is 11.4. The van der Waals surface area contributed by atoms with Crippen LogP contribution in [0.3, 0.4) is 0 Å². The van der Waals surface area contributed by atoms with E-state index in [4.69, 9.17) is 0 Å². The molecular weight excluding hydrogens is 480 g/mol. The number of aromatic nitrogens is 2. The zero-order valence-electron chi connectivity index (χ0n) is 16.7. The lowest BCUT2D eigenvalue weighted by atomic mass is 10.1. The Morgan fingerprint density at radius 1 is 0.939 bits per heavy atom. The number of pyridine rings is 1. The number of hydrogen-bond donors (Lipinski definition) is 2. The molecule has 0 bridgehead atoms. The van der Waals surface area contributed by atoms with Gasteiger partial charge in [0.2, 0.25) is 0 Å². The first-order chi connectivity index (χ1) is 15.7. The minimum absolute atomic E-state index is 0.0662. The number of thiazole rings is 1. The molecule has 12 heteroatoms. The third-order valence-corrected chi connectivity index (χ3v) is 7.04. The quantitative estimate of drug-likeness (QED) is 0.357. The van der Waals surface area contributed by atoms with E-state index in [2.05, 4.69) is 15.3 Å². The van der Waals surface area contributed by atoms with Crippen LogP contribution in [0.4, 0.5) is 28.4 Å². The van der Waals surface area contributed by atoms with E-state index >= 15 is 4.39 Å². The van der Waals surface area contributed by atoms with Crippen molar-refractivity contribution >= 4 is 32.2 Å². The Balaban J connectivity index is 1.84. The van der Waals surface area contributed by atoms with Gasteiger partial charge in [-0.2, -0.15) is 0 Å². The topological polar surface area (TPSA) is 84.0 Å². The van der Waals surface area contributed by atoms with Gasteiger partial charge < -0.3 is 5.32 Å². The van der Waals surface area contributed by atoms with Gasteiger partial charge in [0.25, 0.3) is 10.0 Å². The maximum Gasteiger partial charge on any atom is 0.265 e. The average molecular weight is 494 g/mol. The summed E-state index contributed by atoms with van der Waals surface area (Å²) in [6, 6.07) is 6.80. The first-order valence-electron chi connectivity index (χ1n) is 9.26. The maximum atomic E-state index is 15.5. The lowest BCUT2D eigenvalue weighted by Crippen LogP contribution is -2.16. The molecule has 2 aromatic carbocycles. The smallest absolute Gasteiger partial charge is 0.265 e. The lowest BCUT2D eigenvalue weighted by molar-refractivity contribution is 0.554. The Labute approximate surface area is 190 Å². The van der Waals surface area contributed by atoms with Crippen LogP contribution >= 0.6 is 11.3 Å². The summed E-state index contributed by atoms with van der Waals surface area (Å²) in [5.41, 5.74) is -0.719. The van der Waals surface area contributed by atoms with Crippen molar-refractivity contribution in [3.8, 4) is 21.7 Å². The summed E-state index contributed by atoms with van der Waals surface area (Å²) < 4.78 is 84.8. The van der Waals surface area contributed by atoms with Crippen LogP contribution in [0.2, 0.25) is 0 Å². The second-order valence-corrected chi connectivity index (χ2v) is 9.30. The predicted octanol–water partition coefficient (Wildman–Crippen LogP) is 5.27. The molecule has 0 saturated heterocycles. The van der Waals surface area contributed by atoms with Crippen molar-refractivity contribution in [2.24, 2.45) is 0 Å². The molecule has 4 aromatic rings. The van der Waals surface area contributed by atoms with E-state index in [-0.39, 0.29) is 5.69 Å². The largest absolute Gasteiger partial charge is 0.365 e. The molecule has 2 heterocycles. The number of anilines is 2. The first kappa shape index (κ1) is 22.7. The second kappa shape index (κ2) is 8.79. The molecule has 0 spiro atoms. The van der Waals surface area contributed by atoms with Crippen molar-refractivity contribution in [2.75, 3.05) is 17.1 Å². The van der Waals surface area contributed by atoms with Crippen molar-refractivity contribution in [2.45, 2.75) is 4.90 Å². The minimum atomic E-state index is -4.73. The van der Waals surface area contributed by atoms with E-state index in [1.807, 2.05) is 4.72 Å². The van der Waals surface area contributed by atoms with E-state index in [1.54, 1.807) is 19.2 Å². The van der Waals surface area contributed by atoms with Gasteiger partial charge in [-0.3, -0.25) is 9.71 Å². The predicted molar refractivity (Wildman–Crippen MR) is 117 cm³/mol. The van der Waals surface area contributed by atoms with Gasteiger partial charge in [-0.1, -0.05) is 11.3 Å². The molecule has 0 saturated carbocycles. The zero-order chi connectivity index (χ0) is 23.8. The zero-order valence-corrected chi connectivity index (χ0v) is 18.4. The van der Waals surface area contributed by atoms with Gasteiger partial charge in [0.15, 0.2) is 10.9 Å². The third-order valence-electron chi connectivity index (χ3n) is 4.54. The number of halogens is 4.